The minimum atomic E-state index is -2.66. The Kier molecular flexibility index (Phi) is 4.67. The van der Waals surface area contributed by atoms with E-state index < -0.39 is 8.32 Å². The number of para-hydroxylation sites is 1. The van der Waals surface area contributed by atoms with Gasteiger partial charge in [0, 0.05) is 0 Å². The molecule has 0 aliphatic carbocycles. The summed E-state index contributed by atoms with van der Waals surface area (Å²) in [5.41, 5.74) is 0. The lowest BCUT2D eigenvalue weighted by Crippen LogP contribution is -2.71. The van der Waals surface area contributed by atoms with Gasteiger partial charge in [-0.25, -0.2) is 0 Å². The first-order chi connectivity index (χ1) is 12.9. The zero-order chi connectivity index (χ0) is 17.7. The van der Waals surface area contributed by atoms with Gasteiger partial charge in [0.25, 0.3) is 0 Å². The first kappa shape index (κ1) is 16.4. The highest BCUT2D eigenvalue weighted by Gasteiger charge is 2.43. The molecular formula is C24H20OSi. The maximum Gasteiger partial charge on any atom is 0.346 e. The third kappa shape index (κ3) is 3.07. The number of rotatable bonds is 5. The Morgan fingerprint density at radius 1 is 0.385 bits per heavy atom. The van der Waals surface area contributed by atoms with Gasteiger partial charge in [0.15, 0.2) is 0 Å². The van der Waals surface area contributed by atoms with Crippen LogP contribution in [0.5, 0.6) is 5.75 Å². The van der Waals surface area contributed by atoms with Crippen molar-refractivity contribution in [2.45, 2.75) is 0 Å². The predicted octanol–water partition coefficient (Wildman–Crippen LogP) is 3.73. The summed E-state index contributed by atoms with van der Waals surface area (Å²) in [4.78, 5) is 0. The summed E-state index contributed by atoms with van der Waals surface area (Å²) >= 11 is 0. The van der Waals surface area contributed by atoms with Crippen LogP contribution in [0.15, 0.2) is 121 Å². The molecule has 0 amide bonds. The molecule has 0 aromatic heterocycles. The van der Waals surface area contributed by atoms with E-state index in [-0.39, 0.29) is 0 Å². The molecular weight excluding hydrogens is 332 g/mol. The zero-order valence-corrected chi connectivity index (χ0v) is 15.5. The molecule has 2 heteroatoms. The van der Waals surface area contributed by atoms with Crippen LogP contribution in [-0.4, -0.2) is 8.32 Å². The Morgan fingerprint density at radius 2 is 0.692 bits per heavy atom. The minimum absolute atomic E-state index is 0.899. The Balaban J connectivity index is 2.00. The van der Waals surface area contributed by atoms with Crippen LogP contribution in [-0.2, 0) is 0 Å². The van der Waals surface area contributed by atoms with Crippen molar-refractivity contribution in [2.75, 3.05) is 0 Å². The molecule has 0 saturated heterocycles. The average molecular weight is 353 g/mol. The molecule has 4 aromatic rings. The summed E-state index contributed by atoms with van der Waals surface area (Å²) in [7, 11) is -2.66. The third-order valence-corrected chi connectivity index (χ3v) is 8.54. The van der Waals surface area contributed by atoms with Gasteiger partial charge in [-0.1, -0.05) is 109 Å². The van der Waals surface area contributed by atoms with E-state index in [1.54, 1.807) is 0 Å². The lowest BCUT2D eigenvalue weighted by Gasteiger charge is -2.33. The Bertz CT molecular complexity index is 842. The van der Waals surface area contributed by atoms with Gasteiger partial charge >= 0.3 is 8.32 Å². The molecule has 0 atom stereocenters. The second-order valence-electron chi connectivity index (χ2n) is 6.19. The molecule has 0 saturated carbocycles. The quantitative estimate of drug-likeness (QED) is 0.393. The fourth-order valence-electron chi connectivity index (χ4n) is 3.36. The van der Waals surface area contributed by atoms with Gasteiger partial charge in [-0.2, -0.15) is 0 Å². The highest BCUT2D eigenvalue weighted by molar-refractivity contribution is 7.07. The maximum atomic E-state index is 6.90. The predicted molar refractivity (Wildman–Crippen MR) is 111 cm³/mol. The smallest absolute Gasteiger partial charge is 0.346 e. The summed E-state index contributed by atoms with van der Waals surface area (Å²) in [5, 5.41) is 3.71. The van der Waals surface area contributed by atoms with Crippen molar-refractivity contribution in [3.05, 3.63) is 121 Å². The fourth-order valence-corrected chi connectivity index (χ4v) is 7.19. The van der Waals surface area contributed by atoms with Gasteiger partial charge in [-0.05, 0) is 27.7 Å². The van der Waals surface area contributed by atoms with Crippen LogP contribution >= 0.6 is 0 Å². The Labute approximate surface area is 155 Å². The second-order valence-corrected chi connectivity index (χ2v) is 9.49. The van der Waals surface area contributed by atoms with E-state index in [9.17, 15) is 0 Å². The molecule has 0 spiro atoms. The van der Waals surface area contributed by atoms with Gasteiger partial charge in [0.1, 0.15) is 5.75 Å². The van der Waals surface area contributed by atoms with Crippen LogP contribution in [0, 0.1) is 0 Å². The van der Waals surface area contributed by atoms with Gasteiger partial charge in [0.05, 0.1) is 0 Å². The maximum absolute atomic E-state index is 6.90. The molecule has 4 aromatic carbocycles. The molecule has 0 heterocycles. The molecule has 26 heavy (non-hydrogen) atoms. The fraction of sp³-hybridized carbons (Fsp3) is 0. The van der Waals surface area contributed by atoms with Gasteiger partial charge < -0.3 is 4.43 Å². The van der Waals surface area contributed by atoms with E-state index in [4.69, 9.17) is 4.43 Å². The summed E-state index contributed by atoms with van der Waals surface area (Å²) in [6.45, 7) is 0. The van der Waals surface area contributed by atoms with Crippen molar-refractivity contribution in [3.63, 3.8) is 0 Å². The largest absolute Gasteiger partial charge is 0.530 e. The van der Waals surface area contributed by atoms with Crippen molar-refractivity contribution < 1.29 is 4.43 Å². The molecule has 126 valence electrons. The molecule has 0 unspecified atom stereocenters. The number of hydrogen-bond acceptors (Lipinski definition) is 1. The summed E-state index contributed by atoms with van der Waals surface area (Å²) in [6, 6.07) is 42.0. The van der Waals surface area contributed by atoms with Crippen LogP contribution < -0.4 is 20.0 Å². The SMILES string of the molecule is c1ccc(O[Si](c2ccccc2)(c2ccccc2)c2ccccc2)cc1. The van der Waals surface area contributed by atoms with Gasteiger partial charge in [0.2, 0.25) is 0 Å². The highest BCUT2D eigenvalue weighted by atomic mass is 28.4. The van der Waals surface area contributed by atoms with E-state index >= 15 is 0 Å². The topological polar surface area (TPSA) is 9.23 Å². The third-order valence-electron chi connectivity index (χ3n) is 4.56. The summed E-state index contributed by atoms with van der Waals surface area (Å²) in [6.07, 6.45) is 0. The van der Waals surface area contributed by atoms with Crippen molar-refractivity contribution in [1.29, 1.82) is 0 Å². The lowest BCUT2D eigenvalue weighted by atomic mass is 10.3. The molecule has 0 radical (unpaired) electrons. The van der Waals surface area contributed by atoms with E-state index in [1.807, 2.05) is 30.3 Å². The number of benzene rings is 4. The van der Waals surface area contributed by atoms with E-state index in [0.717, 1.165) is 5.75 Å². The van der Waals surface area contributed by atoms with Crippen LogP contribution in [0.25, 0.3) is 0 Å². The van der Waals surface area contributed by atoms with Crippen molar-refractivity contribution in [2.24, 2.45) is 0 Å². The summed E-state index contributed by atoms with van der Waals surface area (Å²) in [5.74, 6) is 0.899. The van der Waals surface area contributed by atoms with Gasteiger partial charge in [-0.15, -0.1) is 0 Å². The molecule has 0 bridgehead atoms. The highest BCUT2D eigenvalue weighted by Crippen LogP contribution is 2.16. The standard InChI is InChI=1S/C24H20OSi/c1-5-13-21(14-6-1)25-26(22-15-7-2-8-16-22,23-17-9-3-10-18-23)24-19-11-4-12-20-24/h1-20H. The molecule has 1 nitrogen and oxygen atoms in total. The van der Waals surface area contributed by atoms with Crippen LogP contribution in [0.2, 0.25) is 0 Å². The summed E-state index contributed by atoms with van der Waals surface area (Å²) < 4.78 is 6.90. The van der Waals surface area contributed by atoms with E-state index in [1.165, 1.54) is 15.6 Å². The molecule has 0 aliphatic heterocycles. The Hall–Kier alpha value is -3.10. The van der Waals surface area contributed by atoms with Crippen LogP contribution in [0.1, 0.15) is 0 Å². The van der Waals surface area contributed by atoms with Gasteiger partial charge in [-0.3, -0.25) is 0 Å². The molecule has 0 aliphatic rings. The number of hydrogen-bond donors (Lipinski definition) is 0. The van der Waals surface area contributed by atoms with Crippen LogP contribution in [0.3, 0.4) is 0 Å². The van der Waals surface area contributed by atoms with Crippen molar-refractivity contribution in [3.8, 4) is 5.75 Å². The first-order valence-corrected chi connectivity index (χ1v) is 10.7. The van der Waals surface area contributed by atoms with Crippen LogP contribution in [0.4, 0.5) is 0 Å². The van der Waals surface area contributed by atoms with Crippen molar-refractivity contribution in [1.82, 2.24) is 0 Å². The normalized spacial score (nSPS) is 11.1. The minimum Gasteiger partial charge on any atom is -0.530 e. The van der Waals surface area contributed by atoms with E-state index in [2.05, 4.69) is 91.0 Å². The average Bonchev–Trinajstić information content (AvgIpc) is 2.75. The molecule has 4 rings (SSSR count). The Morgan fingerprint density at radius 3 is 1.04 bits per heavy atom. The lowest BCUT2D eigenvalue weighted by molar-refractivity contribution is 0.577. The molecule has 0 N–H and O–H groups in total. The monoisotopic (exact) mass is 352 g/mol. The molecule has 0 fully saturated rings. The van der Waals surface area contributed by atoms with E-state index in [0.29, 0.717) is 0 Å². The van der Waals surface area contributed by atoms with Crippen molar-refractivity contribution >= 4 is 23.9 Å². The second kappa shape index (κ2) is 7.42. The zero-order valence-electron chi connectivity index (χ0n) is 14.5. The first-order valence-electron chi connectivity index (χ1n) is 8.80.